The molecule has 2 rings (SSSR count). The molecule has 0 aliphatic rings. The minimum atomic E-state index is -0.540. The smallest absolute Gasteiger partial charge is 0.242 e. The Bertz CT molecular complexity index is 491. The van der Waals surface area contributed by atoms with Gasteiger partial charge in [-0.25, -0.2) is 0 Å². The van der Waals surface area contributed by atoms with Crippen LogP contribution in [0.5, 0.6) is 0 Å². The number of carbonyl (C=O) groups excluding carboxylic acids is 1. The highest BCUT2D eigenvalue weighted by Gasteiger charge is 2.08. The predicted molar refractivity (Wildman–Crippen MR) is 68.0 cm³/mol. The van der Waals surface area contributed by atoms with Crippen LogP contribution in [-0.2, 0) is 4.79 Å². The fourth-order valence-electron chi connectivity index (χ4n) is 1.39. The Balaban J connectivity index is 2.11. The number of H-pyrrole nitrogens is 1. The SMILES string of the molecule is CC(Cl)C(=O)Nc1ccc(-c2ccn[nH]2)cc1. The number of nitrogens with one attached hydrogen (secondary N) is 2. The van der Waals surface area contributed by atoms with Gasteiger partial charge >= 0.3 is 0 Å². The molecule has 0 fully saturated rings. The van der Waals surface area contributed by atoms with E-state index in [0.29, 0.717) is 0 Å². The third kappa shape index (κ3) is 2.85. The number of rotatable bonds is 3. The second-order valence-corrected chi connectivity index (χ2v) is 4.31. The van der Waals surface area contributed by atoms with Crippen LogP contribution in [0.4, 0.5) is 5.69 Å². The molecule has 2 N–H and O–H groups in total. The zero-order valence-electron chi connectivity index (χ0n) is 9.27. The summed E-state index contributed by atoms with van der Waals surface area (Å²) in [6.07, 6.45) is 1.69. The van der Waals surface area contributed by atoms with Crippen molar-refractivity contribution in [2.75, 3.05) is 5.32 Å². The van der Waals surface area contributed by atoms with Gasteiger partial charge in [0.25, 0.3) is 0 Å². The fourth-order valence-corrected chi connectivity index (χ4v) is 1.45. The van der Waals surface area contributed by atoms with Crippen molar-refractivity contribution in [2.24, 2.45) is 0 Å². The molecule has 0 bridgehead atoms. The molecule has 1 atom stereocenters. The van der Waals surface area contributed by atoms with Crippen molar-refractivity contribution in [2.45, 2.75) is 12.3 Å². The lowest BCUT2D eigenvalue weighted by Crippen LogP contribution is -2.20. The molecule has 0 saturated heterocycles. The minimum Gasteiger partial charge on any atom is -0.325 e. The second-order valence-electron chi connectivity index (χ2n) is 3.65. The number of hydrogen-bond donors (Lipinski definition) is 2. The number of halogens is 1. The van der Waals surface area contributed by atoms with Gasteiger partial charge in [-0.15, -0.1) is 11.6 Å². The monoisotopic (exact) mass is 249 g/mol. The number of aromatic nitrogens is 2. The quantitative estimate of drug-likeness (QED) is 0.822. The molecule has 0 spiro atoms. The maximum absolute atomic E-state index is 11.4. The molecule has 1 unspecified atom stereocenters. The van der Waals surface area contributed by atoms with E-state index in [1.165, 1.54) is 0 Å². The topological polar surface area (TPSA) is 57.8 Å². The normalized spacial score (nSPS) is 12.1. The summed E-state index contributed by atoms with van der Waals surface area (Å²) in [5, 5.41) is 8.93. The summed E-state index contributed by atoms with van der Waals surface area (Å²) < 4.78 is 0. The second kappa shape index (κ2) is 5.01. The molecule has 1 aromatic carbocycles. The van der Waals surface area contributed by atoms with Crippen LogP contribution in [-0.4, -0.2) is 21.5 Å². The van der Waals surface area contributed by atoms with E-state index in [4.69, 9.17) is 11.6 Å². The van der Waals surface area contributed by atoms with Crippen molar-refractivity contribution in [3.05, 3.63) is 36.5 Å². The lowest BCUT2D eigenvalue weighted by molar-refractivity contribution is -0.115. The predicted octanol–water partition coefficient (Wildman–Crippen LogP) is 2.64. The van der Waals surface area contributed by atoms with Crippen LogP contribution in [0.3, 0.4) is 0 Å². The molecule has 0 saturated carbocycles. The van der Waals surface area contributed by atoms with Crippen molar-refractivity contribution in [3.63, 3.8) is 0 Å². The summed E-state index contributed by atoms with van der Waals surface area (Å²) in [7, 11) is 0. The van der Waals surface area contributed by atoms with Crippen molar-refractivity contribution in [3.8, 4) is 11.3 Å². The number of benzene rings is 1. The number of nitrogens with zero attached hydrogens (tertiary/aromatic N) is 1. The van der Waals surface area contributed by atoms with E-state index in [9.17, 15) is 4.79 Å². The van der Waals surface area contributed by atoms with Crippen LogP contribution in [0.15, 0.2) is 36.5 Å². The maximum atomic E-state index is 11.4. The van der Waals surface area contributed by atoms with Gasteiger partial charge in [-0.2, -0.15) is 5.10 Å². The highest BCUT2D eigenvalue weighted by atomic mass is 35.5. The molecule has 4 nitrogen and oxygen atoms in total. The molecule has 0 radical (unpaired) electrons. The van der Waals surface area contributed by atoms with Crippen molar-refractivity contribution < 1.29 is 4.79 Å². The van der Waals surface area contributed by atoms with Crippen molar-refractivity contribution in [1.82, 2.24) is 10.2 Å². The van der Waals surface area contributed by atoms with E-state index in [1.807, 2.05) is 30.3 Å². The van der Waals surface area contributed by atoms with Gasteiger partial charge in [-0.1, -0.05) is 12.1 Å². The molecule has 5 heteroatoms. The Labute approximate surface area is 104 Å². The molecular weight excluding hydrogens is 238 g/mol. The first-order valence-electron chi connectivity index (χ1n) is 5.21. The largest absolute Gasteiger partial charge is 0.325 e. The highest BCUT2D eigenvalue weighted by Crippen LogP contribution is 2.19. The van der Waals surface area contributed by atoms with Crippen molar-refractivity contribution in [1.29, 1.82) is 0 Å². The number of aromatic amines is 1. The molecule has 1 aromatic heterocycles. The molecular formula is C12H12ClN3O. The number of alkyl halides is 1. The highest BCUT2D eigenvalue weighted by molar-refractivity contribution is 6.32. The summed E-state index contributed by atoms with van der Waals surface area (Å²) in [5.74, 6) is -0.207. The van der Waals surface area contributed by atoms with Crippen LogP contribution >= 0.6 is 11.6 Å². The van der Waals surface area contributed by atoms with Gasteiger partial charge in [0.05, 0.1) is 5.69 Å². The Morgan fingerprint density at radius 2 is 2.06 bits per heavy atom. The summed E-state index contributed by atoms with van der Waals surface area (Å²) in [4.78, 5) is 11.4. The van der Waals surface area contributed by atoms with Gasteiger partial charge < -0.3 is 5.32 Å². The van der Waals surface area contributed by atoms with Gasteiger partial charge in [0.1, 0.15) is 5.38 Å². The van der Waals surface area contributed by atoms with E-state index < -0.39 is 5.38 Å². The number of hydrogen-bond acceptors (Lipinski definition) is 2. The molecule has 1 heterocycles. The van der Waals surface area contributed by atoms with Gasteiger partial charge in [0, 0.05) is 11.9 Å². The third-order valence-corrected chi connectivity index (χ3v) is 2.52. The Morgan fingerprint density at radius 3 is 2.59 bits per heavy atom. The number of anilines is 1. The number of carbonyl (C=O) groups is 1. The average molecular weight is 250 g/mol. The Hall–Kier alpha value is -1.81. The third-order valence-electron chi connectivity index (χ3n) is 2.33. The lowest BCUT2D eigenvalue weighted by Gasteiger charge is -2.06. The van der Waals surface area contributed by atoms with E-state index in [2.05, 4.69) is 15.5 Å². The summed E-state index contributed by atoms with van der Waals surface area (Å²) in [6, 6.07) is 9.35. The molecule has 0 aliphatic heterocycles. The van der Waals surface area contributed by atoms with Gasteiger partial charge in [-0.05, 0) is 30.7 Å². The Morgan fingerprint density at radius 1 is 1.35 bits per heavy atom. The van der Waals surface area contributed by atoms with E-state index >= 15 is 0 Å². The first-order valence-corrected chi connectivity index (χ1v) is 5.65. The maximum Gasteiger partial charge on any atom is 0.242 e. The molecule has 0 aliphatic carbocycles. The molecule has 88 valence electrons. The standard InChI is InChI=1S/C12H12ClN3O/c1-8(13)12(17)15-10-4-2-9(3-5-10)11-6-7-14-16-11/h2-8H,1H3,(H,14,16)(H,15,17). The van der Waals surface area contributed by atoms with Gasteiger partial charge in [0.15, 0.2) is 0 Å². The summed E-state index contributed by atoms with van der Waals surface area (Å²) in [5.41, 5.74) is 2.68. The van der Waals surface area contributed by atoms with Gasteiger partial charge in [-0.3, -0.25) is 9.89 Å². The average Bonchev–Trinajstić information content (AvgIpc) is 2.83. The van der Waals surface area contributed by atoms with Crippen LogP contribution < -0.4 is 5.32 Å². The lowest BCUT2D eigenvalue weighted by atomic mass is 10.1. The molecule has 17 heavy (non-hydrogen) atoms. The van der Waals surface area contributed by atoms with E-state index in [1.54, 1.807) is 13.1 Å². The van der Waals surface area contributed by atoms with E-state index in [-0.39, 0.29) is 5.91 Å². The van der Waals surface area contributed by atoms with Crippen molar-refractivity contribution >= 4 is 23.2 Å². The van der Waals surface area contributed by atoms with Crippen LogP contribution in [0, 0.1) is 0 Å². The zero-order chi connectivity index (χ0) is 12.3. The first-order chi connectivity index (χ1) is 8.16. The Kier molecular flexibility index (Phi) is 3.44. The van der Waals surface area contributed by atoms with Crippen LogP contribution in [0.1, 0.15) is 6.92 Å². The van der Waals surface area contributed by atoms with Gasteiger partial charge in [0.2, 0.25) is 5.91 Å². The molecule has 2 aromatic rings. The van der Waals surface area contributed by atoms with Crippen LogP contribution in [0.25, 0.3) is 11.3 Å². The summed E-state index contributed by atoms with van der Waals surface area (Å²) >= 11 is 5.67. The number of amides is 1. The van der Waals surface area contributed by atoms with Crippen LogP contribution in [0.2, 0.25) is 0 Å². The first kappa shape index (κ1) is 11.7. The minimum absolute atomic E-state index is 0.207. The fraction of sp³-hybridized carbons (Fsp3) is 0.167. The summed E-state index contributed by atoms with van der Waals surface area (Å²) in [6.45, 7) is 1.63. The molecule has 1 amide bonds. The zero-order valence-corrected chi connectivity index (χ0v) is 10.0. The van der Waals surface area contributed by atoms with E-state index in [0.717, 1.165) is 16.9 Å².